The molecule has 4 rings (SSSR count). The zero-order valence-corrected chi connectivity index (χ0v) is 21.2. The Bertz CT molecular complexity index is 824. The number of ketones is 1. The van der Waals surface area contributed by atoms with Gasteiger partial charge in [0.2, 0.25) is 0 Å². The summed E-state index contributed by atoms with van der Waals surface area (Å²) < 4.78 is 9.69. The number of fused-ring (bicyclic) bond motifs is 5. The summed E-state index contributed by atoms with van der Waals surface area (Å²) in [6, 6.07) is -0.537. The molecule has 0 bridgehead atoms. The van der Waals surface area contributed by atoms with Gasteiger partial charge in [0.25, 0.3) is 0 Å². The fourth-order valence-corrected chi connectivity index (χ4v) is 7.41. The van der Waals surface area contributed by atoms with Crippen LogP contribution in [0.25, 0.3) is 0 Å². The van der Waals surface area contributed by atoms with E-state index < -0.39 is 18.2 Å². The molecule has 0 aromatic rings. The highest BCUT2D eigenvalue weighted by Gasteiger charge is 2.60. The van der Waals surface area contributed by atoms with E-state index in [-0.39, 0.29) is 23.5 Å². The number of hydrogen-bond acceptors (Lipinski definition) is 7. The summed E-state index contributed by atoms with van der Waals surface area (Å²) in [5.74, 6) is 1.76. The average Bonchev–Trinajstić information content (AvgIpc) is 3.10. The number of allylic oxidation sites excluding steroid dienone is 1. The maximum atomic E-state index is 11.9. The first-order chi connectivity index (χ1) is 16.0. The number of aliphatic hydroxyl groups is 1. The first-order valence-electron chi connectivity index (χ1n) is 12.5. The van der Waals surface area contributed by atoms with Gasteiger partial charge < -0.3 is 19.7 Å². The highest BCUT2D eigenvalue weighted by atomic mass is 16.7. The summed E-state index contributed by atoms with van der Waals surface area (Å²) >= 11 is 0. The summed E-state index contributed by atoms with van der Waals surface area (Å²) in [6.07, 6.45) is 8.70. The topological polar surface area (TPSA) is 113 Å². The van der Waals surface area contributed by atoms with Crippen LogP contribution in [0.5, 0.6) is 0 Å². The van der Waals surface area contributed by atoms with Gasteiger partial charge in [0, 0.05) is 11.8 Å². The SMILES string of the molecule is COC(=O)[C@H](CO)N(C)C.C[C@]12CC[C@H]3[C@@H](CCC4=CC(=O)CC[C@@]43C)[C@@H]1CC[C@@H]2OC(=O)O. The minimum Gasteiger partial charge on any atom is -0.468 e. The van der Waals surface area contributed by atoms with Crippen molar-refractivity contribution in [3.63, 3.8) is 0 Å². The lowest BCUT2D eigenvalue weighted by atomic mass is 9.47. The standard InChI is InChI=1S/C20H28O4.C6H13NO3/c1-19-9-7-13(21)11-12(19)3-4-14-15-5-6-17(24-18(22)23)20(15,2)10-8-16(14)19;1-7(2)5(4-8)6(9)10-3/h11,14-17H,3-10H2,1-2H3,(H,22,23);5,8H,4H2,1-3H3/t14-,15-,16-,17-,19-,20-;5-/m00/s1. The first-order valence-corrected chi connectivity index (χ1v) is 12.5. The van der Waals surface area contributed by atoms with E-state index in [1.165, 1.54) is 12.7 Å². The third-order valence-corrected chi connectivity index (χ3v) is 9.39. The maximum absolute atomic E-state index is 11.9. The van der Waals surface area contributed by atoms with Gasteiger partial charge in [0.1, 0.15) is 12.1 Å². The summed E-state index contributed by atoms with van der Waals surface area (Å²) in [4.78, 5) is 35.3. The van der Waals surface area contributed by atoms with Crippen LogP contribution in [0.1, 0.15) is 65.2 Å². The Balaban J connectivity index is 0.000000277. The molecule has 2 N–H and O–H groups in total. The van der Waals surface area contributed by atoms with E-state index in [1.807, 2.05) is 6.08 Å². The Kier molecular flexibility index (Phi) is 8.13. The number of ether oxygens (including phenoxy) is 2. The lowest BCUT2D eigenvalue weighted by Crippen LogP contribution is -2.51. The molecule has 3 saturated carbocycles. The minimum atomic E-state index is -1.13. The molecule has 34 heavy (non-hydrogen) atoms. The number of hydrogen-bond donors (Lipinski definition) is 2. The van der Waals surface area contributed by atoms with Gasteiger partial charge in [-0.3, -0.25) is 14.5 Å². The van der Waals surface area contributed by atoms with Crippen LogP contribution in [0.15, 0.2) is 11.6 Å². The Morgan fingerprint density at radius 2 is 1.82 bits per heavy atom. The number of likely N-dealkylation sites (N-methyl/N-ethyl adjacent to an activating group) is 1. The van der Waals surface area contributed by atoms with Crippen LogP contribution in [-0.2, 0) is 19.1 Å². The van der Waals surface area contributed by atoms with E-state index in [2.05, 4.69) is 18.6 Å². The van der Waals surface area contributed by atoms with Crippen molar-refractivity contribution in [3.05, 3.63) is 11.6 Å². The van der Waals surface area contributed by atoms with Crippen molar-refractivity contribution in [1.82, 2.24) is 4.90 Å². The summed E-state index contributed by atoms with van der Waals surface area (Å²) in [7, 11) is 4.71. The number of esters is 1. The molecular formula is C26H41NO7. The van der Waals surface area contributed by atoms with Crippen LogP contribution in [0, 0.1) is 28.6 Å². The molecule has 8 nitrogen and oxygen atoms in total. The third-order valence-electron chi connectivity index (χ3n) is 9.39. The van der Waals surface area contributed by atoms with E-state index in [0.717, 1.165) is 44.9 Å². The second kappa shape index (κ2) is 10.4. The number of carbonyl (C=O) groups excluding carboxylic acids is 2. The number of carboxylic acid groups (broad SMARTS) is 1. The molecule has 8 heteroatoms. The van der Waals surface area contributed by atoms with E-state index in [9.17, 15) is 14.4 Å². The van der Waals surface area contributed by atoms with Crippen LogP contribution >= 0.6 is 0 Å². The number of nitrogens with zero attached hydrogens (tertiary/aromatic N) is 1. The van der Waals surface area contributed by atoms with E-state index in [1.54, 1.807) is 19.0 Å². The fourth-order valence-electron chi connectivity index (χ4n) is 7.41. The average molecular weight is 480 g/mol. The van der Waals surface area contributed by atoms with Crippen molar-refractivity contribution in [2.45, 2.75) is 77.4 Å². The Morgan fingerprint density at radius 1 is 1.12 bits per heavy atom. The highest BCUT2D eigenvalue weighted by molar-refractivity contribution is 5.91. The van der Waals surface area contributed by atoms with Crippen LogP contribution in [0.2, 0.25) is 0 Å². The maximum Gasteiger partial charge on any atom is 0.506 e. The number of aliphatic hydroxyl groups excluding tert-OH is 1. The quantitative estimate of drug-likeness (QED) is 0.587. The van der Waals surface area contributed by atoms with Crippen molar-refractivity contribution < 1.29 is 34.1 Å². The number of rotatable bonds is 4. The molecule has 0 amide bonds. The Hall–Kier alpha value is -1.93. The molecule has 0 radical (unpaired) electrons. The summed E-state index contributed by atoms with van der Waals surface area (Å²) in [5.41, 5.74) is 1.57. The van der Waals surface area contributed by atoms with Gasteiger partial charge in [-0.2, -0.15) is 0 Å². The molecule has 0 saturated heterocycles. The zero-order valence-electron chi connectivity index (χ0n) is 21.2. The second-order valence-electron chi connectivity index (χ2n) is 11.1. The van der Waals surface area contributed by atoms with Crippen molar-refractivity contribution in [2.75, 3.05) is 27.8 Å². The third kappa shape index (κ3) is 4.89. The minimum absolute atomic E-state index is 0.00161. The van der Waals surface area contributed by atoms with E-state index in [4.69, 9.17) is 14.9 Å². The van der Waals surface area contributed by atoms with Gasteiger partial charge in [0.05, 0.1) is 13.7 Å². The van der Waals surface area contributed by atoms with Gasteiger partial charge >= 0.3 is 12.1 Å². The molecule has 4 aliphatic rings. The predicted octanol–water partition coefficient (Wildman–Crippen LogP) is 3.66. The van der Waals surface area contributed by atoms with E-state index in [0.29, 0.717) is 30.0 Å². The van der Waals surface area contributed by atoms with Crippen LogP contribution in [0.4, 0.5) is 4.79 Å². The predicted molar refractivity (Wildman–Crippen MR) is 126 cm³/mol. The van der Waals surface area contributed by atoms with Gasteiger partial charge in [-0.1, -0.05) is 19.4 Å². The summed E-state index contributed by atoms with van der Waals surface area (Å²) in [5, 5.41) is 17.7. The van der Waals surface area contributed by atoms with Gasteiger partial charge in [-0.05, 0) is 88.3 Å². The van der Waals surface area contributed by atoms with Gasteiger partial charge in [0.15, 0.2) is 5.78 Å². The number of carbonyl (C=O) groups is 3. The molecule has 7 atom stereocenters. The van der Waals surface area contributed by atoms with Crippen LogP contribution in [-0.4, -0.2) is 73.0 Å². The van der Waals surface area contributed by atoms with Crippen molar-refractivity contribution >= 4 is 17.9 Å². The van der Waals surface area contributed by atoms with Crippen LogP contribution < -0.4 is 0 Å². The monoisotopic (exact) mass is 479 g/mol. The van der Waals surface area contributed by atoms with Crippen molar-refractivity contribution in [1.29, 1.82) is 0 Å². The number of methoxy groups -OCH3 is 1. The van der Waals surface area contributed by atoms with Crippen molar-refractivity contribution in [2.24, 2.45) is 28.6 Å². The molecule has 0 unspecified atom stereocenters. The Labute approximate surface area is 202 Å². The largest absolute Gasteiger partial charge is 0.506 e. The van der Waals surface area contributed by atoms with Gasteiger partial charge in [-0.15, -0.1) is 0 Å². The molecular weight excluding hydrogens is 438 g/mol. The van der Waals surface area contributed by atoms with Gasteiger partial charge in [-0.25, -0.2) is 4.79 Å². The fraction of sp³-hybridized carbons (Fsp3) is 0.808. The lowest BCUT2D eigenvalue weighted by Gasteiger charge is -2.57. The Morgan fingerprint density at radius 3 is 2.38 bits per heavy atom. The first kappa shape index (κ1) is 26.7. The normalized spacial score (nSPS) is 37.3. The molecule has 0 heterocycles. The molecule has 0 aliphatic heterocycles. The molecule has 3 fully saturated rings. The summed E-state index contributed by atoms with van der Waals surface area (Å²) in [6.45, 7) is 4.43. The smallest absolute Gasteiger partial charge is 0.468 e. The molecule has 0 aromatic carbocycles. The molecule has 192 valence electrons. The van der Waals surface area contributed by atoms with Crippen molar-refractivity contribution in [3.8, 4) is 0 Å². The second-order valence-corrected chi connectivity index (χ2v) is 11.1. The highest BCUT2D eigenvalue weighted by Crippen LogP contribution is 2.65. The molecule has 0 spiro atoms. The molecule has 0 aromatic heterocycles. The molecule has 4 aliphatic carbocycles. The van der Waals surface area contributed by atoms with Crippen LogP contribution in [0.3, 0.4) is 0 Å². The zero-order chi connectivity index (χ0) is 25.3. The van der Waals surface area contributed by atoms with E-state index >= 15 is 0 Å². The lowest BCUT2D eigenvalue weighted by molar-refractivity contribution is -0.147.